The molecule has 0 bridgehead atoms. The monoisotopic (exact) mass is 370 g/mol. The van der Waals surface area contributed by atoms with E-state index in [9.17, 15) is 18.4 Å². The predicted octanol–water partition coefficient (Wildman–Crippen LogP) is 4.37. The van der Waals surface area contributed by atoms with E-state index in [1.54, 1.807) is 23.1 Å². The number of alkyl halides is 2. The average Bonchev–Trinajstić information content (AvgIpc) is 2.94. The van der Waals surface area contributed by atoms with Crippen molar-refractivity contribution in [1.82, 2.24) is 4.90 Å². The highest BCUT2D eigenvalue weighted by Crippen LogP contribution is 2.28. The maximum absolute atomic E-state index is 12.6. The third-order valence-electron chi connectivity index (χ3n) is 3.88. The van der Waals surface area contributed by atoms with Crippen LogP contribution in [0.15, 0.2) is 29.2 Å². The molecular weight excluding hydrogens is 346 g/mol. The molecule has 138 valence electrons. The number of rotatable bonds is 5. The molecule has 1 heterocycles. The molecule has 4 nitrogen and oxygen atoms in total. The first-order valence-corrected chi connectivity index (χ1v) is 9.19. The second-order valence-corrected chi connectivity index (χ2v) is 8.44. The minimum absolute atomic E-state index is 0.0212. The molecule has 2 rings (SSSR count). The number of carbonyl (C=O) groups is 2. The number of anilines is 1. The van der Waals surface area contributed by atoms with Gasteiger partial charge in [0.15, 0.2) is 0 Å². The van der Waals surface area contributed by atoms with Crippen LogP contribution in [-0.4, -0.2) is 35.1 Å². The van der Waals surface area contributed by atoms with Crippen LogP contribution in [0.5, 0.6) is 0 Å². The Morgan fingerprint density at radius 1 is 1.36 bits per heavy atom. The highest BCUT2D eigenvalue weighted by molar-refractivity contribution is 7.99. The second-order valence-electron chi connectivity index (χ2n) is 7.38. The molecule has 1 atom stereocenters. The van der Waals surface area contributed by atoms with Gasteiger partial charge in [-0.2, -0.15) is 8.78 Å². The molecule has 1 aromatic carbocycles. The van der Waals surface area contributed by atoms with Gasteiger partial charge < -0.3 is 10.2 Å². The lowest BCUT2D eigenvalue weighted by molar-refractivity contribution is -0.138. The smallest absolute Gasteiger partial charge is 0.288 e. The molecule has 1 fully saturated rings. The maximum atomic E-state index is 12.6. The Morgan fingerprint density at radius 3 is 2.72 bits per heavy atom. The lowest BCUT2D eigenvalue weighted by Crippen LogP contribution is -2.44. The fourth-order valence-corrected chi connectivity index (χ4v) is 3.43. The number of hydrogen-bond acceptors (Lipinski definition) is 3. The Hall–Kier alpha value is -1.63. The van der Waals surface area contributed by atoms with E-state index in [4.69, 9.17) is 0 Å². The molecule has 1 N–H and O–H groups in total. The zero-order valence-corrected chi connectivity index (χ0v) is 15.5. The van der Waals surface area contributed by atoms with Gasteiger partial charge in [0, 0.05) is 23.5 Å². The molecule has 0 aromatic heterocycles. The van der Waals surface area contributed by atoms with Gasteiger partial charge in [-0.1, -0.05) is 38.6 Å². The SMILES string of the molecule is CC(C)(C)CC(=O)N1CCCC1C(=O)Nc1cccc(SC(F)F)c1. The molecule has 2 amide bonds. The van der Waals surface area contributed by atoms with Gasteiger partial charge in [-0.3, -0.25) is 9.59 Å². The quantitative estimate of drug-likeness (QED) is 0.783. The number of carbonyl (C=O) groups excluding carboxylic acids is 2. The Morgan fingerprint density at radius 2 is 2.08 bits per heavy atom. The topological polar surface area (TPSA) is 49.4 Å². The summed E-state index contributed by atoms with van der Waals surface area (Å²) in [6.45, 7) is 6.54. The minimum atomic E-state index is -2.51. The standard InChI is InChI=1S/C18H24F2N2O2S/c1-18(2,3)11-15(23)22-9-5-8-14(22)16(24)21-12-6-4-7-13(10-12)25-17(19)20/h4,6-7,10,14,17H,5,8-9,11H2,1-3H3,(H,21,24). The summed E-state index contributed by atoms with van der Waals surface area (Å²) < 4.78 is 24.9. The maximum Gasteiger partial charge on any atom is 0.288 e. The molecule has 1 aromatic rings. The van der Waals surface area contributed by atoms with Crippen LogP contribution in [0.4, 0.5) is 14.5 Å². The van der Waals surface area contributed by atoms with Crippen molar-refractivity contribution in [1.29, 1.82) is 0 Å². The average molecular weight is 370 g/mol. The summed E-state index contributed by atoms with van der Waals surface area (Å²) in [7, 11) is 0. The van der Waals surface area contributed by atoms with Crippen LogP contribution in [0.2, 0.25) is 0 Å². The number of nitrogens with zero attached hydrogens (tertiary/aromatic N) is 1. The molecule has 0 aliphatic carbocycles. The molecule has 1 unspecified atom stereocenters. The number of benzene rings is 1. The van der Waals surface area contributed by atoms with E-state index in [-0.39, 0.29) is 17.2 Å². The summed E-state index contributed by atoms with van der Waals surface area (Å²) in [6, 6.07) is 5.87. The van der Waals surface area contributed by atoms with Gasteiger partial charge in [0.25, 0.3) is 5.76 Å². The van der Waals surface area contributed by atoms with Crippen LogP contribution >= 0.6 is 11.8 Å². The summed E-state index contributed by atoms with van der Waals surface area (Å²) in [6.07, 6.45) is 1.79. The van der Waals surface area contributed by atoms with Crippen molar-refractivity contribution in [3.05, 3.63) is 24.3 Å². The van der Waals surface area contributed by atoms with E-state index in [0.29, 0.717) is 41.7 Å². The fourth-order valence-electron chi connectivity index (χ4n) is 2.87. The zero-order chi connectivity index (χ0) is 18.6. The molecule has 0 saturated carbocycles. The summed E-state index contributed by atoms with van der Waals surface area (Å²) >= 11 is 0.435. The van der Waals surface area contributed by atoms with Crippen molar-refractivity contribution < 1.29 is 18.4 Å². The Kier molecular flexibility index (Phi) is 6.43. The third kappa shape index (κ3) is 5.99. The molecule has 1 aliphatic heterocycles. The third-order valence-corrected chi connectivity index (χ3v) is 4.59. The van der Waals surface area contributed by atoms with E-state index in [1.807, 2.05) is 20.8 Å². The van der Waals surface area contributed by atoms with Gasteiger partial charge in [-0.05, 0) is 36.5 Å². The van der Waals surface area contributed by atoms with E-state index in [2.05, 4.69) is 5.32 Å². The fraction of sp³-hybridized carbons (Fsp3) is 0.556. The summed E-state index contributed by atoms with van der Waals surface area (Å²) in [5, 5.41) is 2.75. The van der Waals surface area contributed by atoms with Crippen LogP contribution in [0.1, 0.15) is 40.0 Å². The van der Waals surface area contributed by atoms with E-state index in [1.165, 1.54) is 6.07 Å². The van der Waals surface area contributed by atoms with Crippen LogP contribution in [0.3, 0.4) is 0 Å². The normalized spacial score (nSPS) is 17.8. The van der Waals surface area contributed by atoms with Crippen LogP contribution in [0.25, 0.3) is 0 Å². The number of halogens is 2. The Bertz CT molecular complexity index is 632. The number of amides is 2. The summed E-state index contributed by atoms with van der Waals surface area (Å²) in [5.41, 5.74) is 0.326. The van der Waals surface area contributed by atoms with Gasteiger partial charge in [0.05, 0.1) is 0 Å². The minimum Gasteiger partial charge on any atom is -0.331 e. The van der Waals surface area contributed by atoms with Crippen LogP contribution < -0.4 is 5.32 Å². The van der Waals surface area contributed by atoms with E-state index in [0.717, 1.165) is 6.42 Å². The summed E-state index contributed by atoms with van der Waals surface area (Å²) in [5.74, 6) is -2.79. The van der Waals surface area contributed by atoms with Crippen molar-refractivity contribution in [2.75, 3.05) is 11.9 Å². The first kappa shape index (κ1) is 19.7. The van der Waals surface area contributed by atoms with Gasteiger partial charge in [-0.25, -0.2) is 0 Å². The van der Waals surface area contributed by atoms with Gasteiger partial charge in [0.2, 0.25) is 11.8 Å². The number of hydrogen-bond donors (Lipinski definition) is 1. The highest BCUT2D eigenvalue weighted by atomic mass is 32.2. The zero-order valence-electron chi connectivity index (χ0n) is 14.7. The molecular formula is C18H24F2N2O2S. The second kappa shape index (κ2) is 8.17. The van der Waals surface area contributed by atoms with Gasteiger partial charge in [-0.15, -0.1) is 0 Å². The predicted molar refractivity (Wildman–Crippen MR) is 95.7 cm³/mol. The highest BCUT2D eigenvalue weighted by Gasteiger charge is 2.35. The molecule has 1 saturated heterocycles. The van der Waals surface area contributed by atoms with E-state index >= 15 is 0 Å². The largest absolute Gasteiger partial charge is 0.331 e. The molecule has 0 radical (unpaired) electrons. The van der Waals surface area contributed by atoms with Crippen LogP contribution in [0, 0.1) is 5.41 Å². The van der Waals surface area contributed by atoms with Crippen molar-refractivity contribution in [2.45, 2.75) is 56.7 Å². The van der Waals surface area contributed by atoms with Gasteiger partial charge >= 0.3 is 0 Å². The summed E-state index contributed by atoms with van der Waals surface area (Å²) in [4.78, 5) is 27.1. The number of likely N-dealkylation sites (tertiary alicyclic amines) is 1. The van der Waals surface area contributed by atoms with Crippen LogP contribution in [-0.2, 0) is 9.59 Å². The van der Waals surface area contributed by atoms with E-state index < -0.39 is 11.8 Å². The van der Waals surface area contributed by atoms with Gasteiger partial charge in [0.1, 0.15) is 6.04 Å². The first-order chi connectivity index (χ1) is 11.7. The molecule has 7 heteroatoms. The number of thioether (sulfide) groups is 1. The Labute approximate surface area is 151 Å². The first-order valence-electron chi connectivity index (χ1n) is 8.31. The lowest BCUT2D eigenvalue weighted by atomic mass is 9.91. The number of nitrogens with one attached hydrogen (secondary N) is 1. The van der Waals surface area contributed by atoms with Crippen molar-refractivity contribution in [3.8, 4) is 0 Å². The van der Waals surface area contributed by atoms with Crippen molar-refractivity contribution >= 4 is 29.3 Å². The van der Waals surface area contributed by atoms with Crippen molar-refractivity contribution in [2.24, 2.45) is 5.41 Å². The molecule has 1 aliphatic rings. The molecule has 0 spiro atoms. The van der Waals surface area contributed by atoms with Crippen molar-refractivity contribution in [3.63, 3.8) is 0 Å². The molecule has 25 heavy (non-hydrogen) atoms. The lowest BCUT2D eigenvalue weighted by Gasteiger charge is -2.27. The Balaban J connectivity index is 2.03.